The highest BCUT2D eigenvalue weighted by Crippen LogP contribution is 2.44. The van der Waals surface area contributed by atoms with E-state index in [1.165, 1.54) is 24.1 Å². The van der Waals surface area contributed by atoms with E-state index in [1.807, 2.05) is 0 Å². The Morgan fingerprint density at radius 2 is 2.06 bits per heavy atom. The molecule has 0 aromatic heterocycles. The van der Waals surface area contributed by atoms with Gasteiger partial charge in [0, 0.05) is 12.5 Å². The number of nitrogens with zero attached hydrogens (tertiary/aromatic N) is 1. The molecule has 3 rings (SSSR count). The summed E-state index contributed by atoms with van der Waals surface area (Å²) < 4.78 is 6.33. The third-order valence-corrected chi connectivity index (χ3v) is 4.22. The van der Waals surface area contributed by atoms with Crippen LogP contribution in [0.1, 0.15) is 37.3 Å². The Morgan fingerprint density at radius 3 is 2.88 bits per heavy atom. The van der Waals surface area contributed by atoms with Gasteiger partial charge in [-0.25, -0.2) is 0 Å². The first-order valence-electron chi connectivity index (χ1n) is 6.54. The molecule has 2 aliphatic rings. The number of rotatable bonds is 0. The fourth-order valence-electron chi connectivity index (χ4n) is 3.36. The van der Waals surface area contributed by atoms with Gasteiger partial charge in [0.2, 0.25) is 0 Å². The summed E-state index contributed by atoms with van der Waals surface area (Å²) in [6.07, 6.45) is 1.58. The second-order valence-electron chi connectivity index (χ2n) is 5.91. The standard InChI is InChI=1S/C15H21NO/c1-15(2)13-7-5-4-6-11(13)12-8-9-16(3)10-14(12)17-15/h4-7,12,14H,8-10H2,1-3H3/t12-,14+/m1/s1. The molecule has 1 saturated heterocycles. The number of hydrogen-bond acceptors (Lipinski definition) is 2. The molecule has 1 aromatic rings. The van der Waals surface area contributed by atoms with E-state index in [0.717, 1.165) is 6.54 Å². The smallest absolute Gasteiger partial charge is 0.0882 e. The maximum Gasteiger partial charge on any atom is 0.0882 e. The lowest BCUT2D eigenvalue weighted by Crippen LogP contribution is -2.48. The van der Waals surface area contributed by atoms with Crippen LogP contribution in [0, 0.1) is 0 Å². The van der Waals surface area contributed by atoms with Crippen molar-refractivity contribution in [3.8, 4) is 0 Å². The summed E-state index contributed by atoms with van der Waals surface area (Å²) in [5.74, 6) is 0.593. The number of hydrogen-bond donors (Lipinski definition) is 0. The lowest BCUT2D eigenvalue weighted by atomic mass is 9.77. The average molecular weight is 231 g/mol. The van der Waals surface area contributed by atoms with Gasteiger partial charge in [-0.15, -0.1) is 0 Å². The molecule has 1 fully saturated rings. The van der Waals surface area contributed by atoms with Crippen LogP contribution in [0.25, 0.3) is 0 Å². The van der Waals surface area contributed by atoms with E-state index in [4.69, 9.17) is 4.74 Å². The summed E-state index contributed by atoms with van der Waals surface area (Å²) in [7, 11) is 2.19. The van der Waals surface area contributed by atoms with Gasteiger partial charge in [-0.2, -0.15) is 0 Å². The van der Waals surface area contributed by atoms with Crippen LogP contribution in [0.15, 0.2) is 24.3 Å². The van der Waals surface area contributed by atoms with Gasteiger partial charge in [-0.3, -0.25) is 0 Å². The van der Waals surface area contributed by atoms with Crippen molar-refractivity contribution in [3.63, 3.8) is 0 Å². The summed E-state index contributed by atoms with van der Waals surface area (Å²) in [5.41, 5.74) is 2.75. The first kappa shape index (κ1) is 11.2. The van der Waals surface area contributed by atoms with E-state index in [2.05, 4.69) is 50.1 Å². The lowest BCUT2D eigenvalue weighted by molar-refractivity contribution is -0.120. The second-order valence-corrected chi connectivity index (χ2v) is 5.91. The largest absolute Gasteiger partial charge is 0.366 e. The van der Waals surface area contributed by atoms with Gasteiger partial charge in [-0.05, 0) is 45.0 Å². The molecule has 0 aliphatic carbocycles. The Hall–Kier alpha value is -0.860. The maximum absolute atomic E-state index is 6.33. The van der Waals surface area contributed by atoms with Gasteiger partial charge in [-0.1, -0.05) is 24.3 Å². The number of ether oxygens (including phenoxy) is 1. The quantitative estimate of drug-likeness (QED) is 0.680. The normalized spacial score (nSPS) is 31.7. The van der Waals surface area contributed by atoms with Gasteiger partial charge in [0.05, 0.1) is 11.7 Å². The molecule has 17 heavy (non-hydrogen) atoms. The van der Waals surface area contributed by atoms with Crippen LogP contribution < -0.4 is 0 Å². The molecule has 2 heterocycles. The highest BCUT2D eigenvalue weighted by atomic mass is 16.5. The van der Waals surface area contributed by atoms with Gasteiger partial charge >= 0.3 is 0 Å². The Balaban J connectivity index is 2.04. The zero-order valence-corrected chi connectivity index (χ0v) is 10.9. The van der Waals surface area contributed by atoms with Crippen LogP contribution >= 0.6 is 0 Å². The minimum Gasteiger partial charge on any atom is -0.366 e. The first-order valence-corrected chi connectivity index (χ1v) is 6.54. The first-order chi connectivity index (χ1) is 8.08. The monoisotopic (exact) mass is 231 g/mol. The highest BCUT2D eigenvalue weighted by molar-refractivity contribution is 5.37. The summed E-state index contributed by atoms with van der Waals surface area (Å²) in [4.78, 5) is 2.38. The molecular weight excluding hydrogens is 210 g/mol. The Kier molecular flexibility index (Phi) is 2.53. The minimum absolute atomic E-state index is 0.143. The zero-order valence-electron chi connectivity index (χ0n) is 10.9. The van der Waals surface area contributed by atoms with E-state index in [-0.39, 0.29) is 5.60 Å². The topological polar surface area (TPSA) is 12.5 Å². The van der Waals surface area contributed by atoms with Gasteiger partial charge < -0.3 is 9.64 Å². The molecule has 92 valence electrons. The summed E-state index contributed by atoms with van der Waals surface area (Å²) in [6, 6.07) is 8.81. The van der Waals surface area contributed by atoms with Crippen molar-refractivity contribution in [1.29, 1.82) is 0 Å². The molecule has 2 heteroatoms. The summed E-state index contributed by atoms with van der Waals surface area (Å²) in [6.45, 7) is 6.62. The van der Waals surface area contributed by atoms with Crippen molar-refractivity contribution < 1.29 is 4.74 Å². The molecule has 0 radical (unpaired) electrons. The molecule has 2 atom stereocenters. The molecule has 2 aliphatic heterocycles. The third-order valence-electron chi connectivity index (χ3n) is 4.22. The van der Waals surface area contributed by atoms with Gasteiger partial charge in [0.15, 0.2) is 0 Å². The van der Waals surface area contributed by atoms with Gasteiger partial charge in [0.25, 0.3) is 0 Å². The highest BCUT2D eigenvalue weighted by Gasteiger charge is 2.41. The molecule has 0 unspecified atom stereocenters. The SMILES string of the molecule is CN1CC[C@@H]2c3ccccc3C(C)(C)O[C@H]2C1. The number of fused-ring (bicyclic) bond motifs is 3. The predicted octanol–water partition coefficient (Wildman–Crippen LogP) is 2.74. The van der Waals surface area contributed by atoms with Gasteiger partial charge in [0.1, 0.15) is 0 Å². The number of piperidine rings is 1. The Morgan fingerprint density at radius 1 is 1.29 bits per heavy atom. The molecule has 0 spiro atoms. The van der Waals surface area contributed by atoms with Crippen molar-refractivity contribution in [3.05, 3.63) is 35.4 Å². The van der Waals surface area contributed by atoms with Crippen molar-refractivity contribution >= 4 is 0 Å². The van der Waals surface area contributed by atoms with E-state index in [9.17, 15) is 0 Å². The maximum atomic E-state index is 6.33. The van der Waals surface area contributed by atoms with Crippen LogP contribution in [0.3, 0.4) is 0 Å². The van der Waals surface area contributed by atoms with Crippen LogP contribution in [0.2, 0.25) is 0 Å². The third kappa shape index (κ3) is 1.80. The van der Waals surface area contributed by atoms with Crippen molar-refractivity contribution in [2.45, 2.75) is 37.9 Å². The molecule has 2 nitrogen and oxygen atoms in total. The van der Waals surface area contributed by atoms with E-state index in [0.29, 0.717) is 12.0 Å². The summed E-state index contributed by atoms with van der Waals surface area (Å²) >= 11 is 0. The molecule has 1 aromatic carbocycles. The van der Waals surface area contributed by atoms with Crippen molar-refractivity contribution in [2.75, 3.05) is 20.1 Å². The molecule has 0 bridgehead atoms. The number of likely N-dealkylation sites (tertiary alicyclic amines) is 1. The Bertz CT molecular complexity index is 427. The van der Waals surface area contributed by atoms with Crippen LogP contribution in [-0.2, 0) is 10.3 Å². The molecule has 0 saturated carbocycles. The predicted molar refractivity (Wildman–Crippen MR) is 69.2 cm³/mol. The second kappa shape index (κ2) is 3.82. The van der Waals surface area contributed by atoms with Crippen molar-refractivity contribution in [1.82, 2.24) is 4.90 Å². The Labute approximate surface area is 104 Å². The summed E-state index contributed by atoms with van der Waals surface area (Å²) in [5, 5.41) is 0. The van der Waals surface area contributed by atoms with Crippen LogP contribution in [0.5, 0.6) is 0 Å². The number of likely N-dealkylation sites (N-methyl/N-ethyl adjacent to an activating group) is 1. The molecule has 0 N–H and O–H groups in total. The fraction of sp³-hybridized carbons (Fsp3) is 0.600. The zero-order chi connectivity index (χ0) is 12.0. The van der Waals surface area contributed by atoms with Crippen molar-refractivity contribution in [2.24, 2.45) is 0 Å². The van der Waals surface area contributed by atoms with E-state index >= 15 is 0 Å². The van der Waals surface area contributed by atoms with E-state index < -0.39 is 0 Å². The molecular formula is C15H21NO. The minimum atomic E-state index is -0.143. The number of benzene rings is 1. The average Bonchev–Trinajstić information content (AvgIpc) is 2.28. The van der Waals surface area contributed by atoms with E-state index in [1.54, 1.807) is 0 Å². The van der Waals surface area contributed by atoms with Crippen LogP contribution in [-0.4, -0.2) is 31.1 Å². The fourth-order valence-corrected chi connectivity index (χ4v) is 3.36. The van der Waals surface area contributed by atoms with Crippen LogP contribution in [0.4, 0.5) is 0 Å². The molecule has 0 amide bonds. The lowest BCUT2D eigenvalue weighted by Gasteiger charge is -2.47.